The summed E-state index contributed by atoms with van der Waals surface area (Å²) in [6.45, 7) is 8.13. The van der Waals surface area contributed by atoms with Gasteiger partial charge in [-0.25, -0.2) is 0 Å². The van der Waals surface area contributed by atoms with Crippen LogP contribution in [0.1, 0.15) is 58.6 Å². The molecule has 1 amide bonds. The third kappa shape index (κ3) is 3.59. The van der Waals surface area contributed by atoms with Crippen molar-refractivity contribution in [3.8, 4) is 0 Å². The van der Waals surface area contributed by atoms with Gasteiger partial charge in [-0.1, -0.05) is 27.2 Å². The number of aromatic nitrogens is 1. The quantitative estimate of drug-likeness (QED) is 0.743. The molecule has 0 aliphatic carbocycles. The molecule has 0 saturated carbocycles. The fourth-order valence-corrected chi connectivity index (χ4v) is 2.02. The smallest absolute Gasteiger partial charge is 0.304 e. The molecule has 0 spiro atoms. The van der Waals surface area contributed by atoms with E-state index in [0.29, 0.717) is 12.4 Å². The molecule has 4 nitrogen and oxygen atoms in total. The first-order chi connectivity index (χ1) is 8.63. The van der Waals surface area contributed by atoms with Crippen molar-refractivity contribution in [2.45, 2.75) is 65.8 Å². The predicted octanol–water partition coefficient (Wildman–Crippen LogP) is 3.69. The Kier molecular flexibility index (Phi) is 5.89. The number of anilines is 1. The van der Waals surface area contributed by atoms with Crippen molar-refractivity contribution in [1.29, 1.82) is 0 Å². The molecule has 4 heteroatoms. The Labute approximate surface area is 109 Å². The lowest BCUT2D eigenvalue weighted by Gasteiger charge is -2.27. The standard InChI is InChI=1S/C14H24N2O2/c1-5-8-9-13(17)16(12(6-2)7-3)14-15-11(4)10-18-14/h10,12H,5-9H2,1-4H3. The van der Waals surface area contributed by atoms with Gasteiger partial charge in [0.1, 0.15) is 6.26 Å². The van der Waals surface area contributed by atoms with Gasteiger partial charge >= 0.3 is 6.01 Å². The number of unbranched alkanes of at least 4 members (excludes halogenated alkanes) is 1. The third-order valence-corrected chi connectivity index (χ3v) is 3.13. The van der Waals surface area contributed by atoms with E-state index in [1.165, 1.54) is 0 Å². The van der Waals surface area contributed by atoms with Crippen molar-refractivity contribution in [3.05, 3.63) is 12.0 Å². The fraction of sp³-hybridized carbons (Fsp3) is 0.714. The van der Waals surface area contributed by atoms with Crippen molar-refractivity contribution in [2.75, 3.05) is 4.90 Å². The second kappa shape index (κ2) is 7.19. The maximum atomic E-state index is 12.3. The molecule has 0 aromatic carbocycles. The Morgan fingerprint density at radius 2 is 2.06 bits per heavy atom. The summed E-state index contributed by atoms with van der Waals surface area (Å²) in [4.78, 5) is 18.3. The summed E-state index contributed by atoms with van der Waals surface area (Å²) in [7, 11) is 0. The predicted molar refractivity (Wildman–Crippen MR) is 72.6 cm³/mol. The minimum absolute atomic E-state index is 0.118. The summed E-state index contributed by atoms with van der Waals surface area (Å²) in [6.07, 6.45) is 5.92. The molecule has 0 saturated heterocycles. The molecule has 0 atom stereocenters. The summed E-state index contributed by atoms with van der Waals surface area (Å²) in [5.74, 6) is 0.118. The van der Waals surface area contributed by atoms with E-state index >= 15 is 0 Å². The van der Waals surface area contributed by atoms with Crippen LogP contribution in [0, 0.1) is 6.92 Å². The van der Waals surface area contributed by atoms with Crippen molar-refractivity contribution in [1.82, 2.24) is 4.98 Å². The first-order valence-corrected chi connectivity index (χ1v) is 6.88. The molecule has 1 rings (SSSR count). The number of aryl methyl sites for hydroxylation is 1. The van der Waals surface area contributed by atoms with Crippen LogP contribution in [0.25, 0.3) is 0 Å². The normalized spacial score (nSPS) is 10.9. The van der Waals surface area contributed by atoms with Crippen molar-refractivity contribution >= 4 is 11.9 Å². The average Bonchev–Trinajstić information content (AvgIpc) is 2.79. The summed E-state index contributed by atoms with van der Waals surface area (Å²) in [5.41, 5.74) is 0.809. The Bertz CT molecular complexity index is 370. The Morgan fingerprint density at radius 3 is 2.50 bits per heavy atom. The molecule has 1 aromatic rings. The van der Waals surface area contributed by atoms with Crippen LogP contribution in [0.3, 0.4) is 0 Å². The van der Waals surface area contributed by atoms with Gasteiger partial charge in [-0.15, -0.1) is 0 Å². The topological polar surface area (TPSA) is 46.3 Å². The molecular formula is C14H24N2O2. The van der Waals surface area contributed by atoms with Gasteiger partial charge < -0.3 is 4.42 Å². The lowest BCUT2D eigenvalue weighted by atomic mass is 10.1. The van der Waals surface area contributed by atoms with Crippen molar-refractivity contribution in [2.24, 2.45) is 0 Å². The third-order valence-electron chi connectivity index (χ3n) is 3.13. The molecule has 0 N–H and O–H groups in total. The number of oxazole rings is 1. The number of hydrogen-bond donors (Lipinski definition) is 0. The molecule has 0 aliphatic heterocycles. The summed E-state index contributed by atoms with van der Waals surface area (Å²) in [5, 5.41) is 0. The Balaban J connectivity index is 2.90. The molecule has 1 aromatic heterocycles. The minimum atomic E-state index is 0.118. The Hall–Kier alpha value is -1.32. The van der Waals surface area contributed by atoms with Gasteiger partial charge in [0.25, 0.3) is 0 Å². The second-order valence-corrected chi connectivity index (χ2v) is 4.61. The highest BCUT2D eigenvalue weighted by molar-refractivity contribution is 5.91. The summed E-state index contributed by atoms with van der Waals surface area (Å²) in [6, 6.07) is 0.620. The van der Waals surface area contributed by atoms with Gasteiger partial charge in [-0.2, -0.15) is 4.98 Å². The van der Waals surface area contributed by atoms with Crippen LogP contribution in [0.5, 0.6) is 0 Å². The highest BCUT2D eigenvalue weighted by Crippen LogP contribution is 2.21. The highest BCUT2D eigenvalue weighted by Gasteiger charge is 2.26. The average molecular weight is 252 g/mol. The van der Waals surface area contributed by atoms with Crippen LogP contribution in [-0.2, 0) is 4.79 Å². The van der Waals surface area contributed by atoms with Gasteiger partial charge in [0.2, 0.25) is 5.91 Å². The monoisotopic (exact) mass is 252 g/mol. The largest absolute Gasteiger partial charge is 0.431 e. The van der Waals surface area contributed by atoms with E-state index in [9.17, 15) is 4.79 Å². The summed E-state index contributed by atoms with van der Waals surface area (Å²) >= 11 is 0. The summed E-state index contributed by atoms with van der Waals surface area (Å²) < 4.78 is 5.41. The van der Waals surface area contributed by atoms with E-state index in [1.807, 2.05) is 6.92 Å². The zero-order valence-electron chi connectivity index (χ0n) is 11.9. The van der Waals surface area contributed by atoms with Gasteiger partial charge in [0.15, 0.2) is 0 Å². The number of amides is 1. The second-order valence-electron chi connectivity index (χ2n) is 4.61. The van der Waals surface area contributed by atoms with Crippen LogP contribution >= 0.6 is 0 Å². The van der Waals surface area contributed by atoms with Gasteiger partial charge in [0.05, 0.1) is 5.69 Å². The van der Waals surface area contributed by atoms with E-state index in [4.69, 9.17) is 4.42 Å². The van der Waals surface area contributed by atoms with Gasteiger partial charge in [-0.3, -0.25) is 9.69 Å². The van der Waals surface area contributed by atoms with Crippen LogP contribution in [-0.4, -0.2) is 16.9 Å². The number of nitrogens with zero attached hydrogens (tertiary/aromatic N) is 2. The molecule has 0 fully saturated rings. The van der Waals surface area contributed by atoms with Crippen molar-refractivity contribution < 1.29 is 9.21 Å². The number of rotatable bonds is 7. The highest BCUT2D eigenvalue weighted by atomic mass is 16.4. The molecule has 0 bridgehead atoms. The molecule has 0 aliphatic rings. The lowest BCUT2D eigenvalue weighted by molar-refractivity contribution is -0.119. The van der Waals surface area contributed by atoms with Gasteiger partial charge in [-0.05, 0) is 26.2 Å². The van der Waals surface area contributed by atoms with Crippen LogP contribution in [0.15, 0.2) is 10.7 Å². The maximum absolute atomic E-state index is 12.3. The number of hydrogen-bond acceptors (Lipinski definition) is 3. The van der Waals surface area contributed by atoms with Gasteiger partial charge in [0, 0.05) is 12.5 Å². The van der Waals surface area contributed by atoms with Crippen LogP contribution < -0.4 is 4.90 Å². The van der Waals surface area contributed by atoms with Crippen molar-refractivity contribution in [3.63, 3.8) is 0 Å². The first kappa shape index (κ1) is 14.7. The maximum Gasteiger partial charge on any atom is 0.304 e. The fourth-order valence-electron chi connectivity index (χ4n) is 2.02. The lowest BCUT2D eigenvalue weighted by Crippen LogP contribution is -2.40. The van der Waals surface area contributed by atoms with E-state index in [-0.39, 0.29) is 11.9 Å². The zero-order chi connectivity index (χ0) is 13.5. The molecule has 1 heterocycles. The van der Waals surface area contributed by atoms with E-state index in [0.717, 1.165) is 31.4 Å². The van der Waals surface area contributed by atoms with Crippen LogP contribution in [0.4, 0.5) is 6.01 Å². The van der Waals surface area contributed by atoms with E-state index < -0.39 is 0 Å². The number of carbonyl (C=O) groups is 1. The van der Waals surface area contributed by atoms with Crippen LogP contribution in [0.2, 0.25) is 0 Å². The Morgan fingerprint density at radius 1 is 1.39 bits per heavy atom. The molecular weight excluding hydrogens is 228 g/mol. The molecule has 102 valence electrons. The SMILES string of the molecule is CCCCC(=O)N(c1nc(C)co1)C(CC)CC. The molecule has 0 radical (unpaired) electrons. The first-order valence-electron chi connectivity index (χ1n) is 6.88. The van der Waals surface area contributed by atoms with E-state index in [2.05, 4.69) is 25.8 Å². The minimum Gasteiger partial charge on any atom is -0.431 e. The number of carbonyl (C=O) groups excluding carboxylic acids is 1. The zero-order valence-corrected chi connectivity index (χ0v) is 11.9. The molecule has 0 unspecified atom stereocenters. The molecule has 18 heavy (non-hydrogen) atoms. The van der Waals surface area contributed by atoms with E-state index in [1.54, 1.807) is 11.2 Å².